The van der Waals surface area contributed by atoms with Gasteiger partial charge in [-0.1, -0.05) is 18.2 Å². The number of hydrogen-bond acceptors (Lipinski definition) is 7. The molecule has 0 radical (unpaired) electrons. The number of aromatic nitrogens is 1. The van der Waals surface area contributed by atoms with Crippen molar-refractivity contribution < 1.29 is 29.4 Å². The van der Waals surface area contributed by atoms with Crippen LogP contribution >= 0.6 is 11.8 Å². The molecule has 0 saturated carbocycles. The highest BCUT2D eigenvalue weighted by molar-refractivity contribution is 7.98. The maximum Gasteiger partial charge on any atom is 0.328 e. The number of amides is 3. The quantitative estimate of drug-likeness (QED) is 0.224. The number of benzene rings is 1. The number of aromatic amines is 1. The van der Waals surface area contributed by atoms with Gasteiger partial charge in [-0.3, -0.25) is 14.4 Å². The van der Waals surface area contributed by atoms with E-state index in [9.17, 15) is 29.4 Å². The zero-order valence-corrected chi connectivity index (χ0v) is 21.8. The largest absolute Gasteiger partial charge is 0.480 e. The van der Waals surface area contributed by atoms with Crippen molar-refractivity contribution in [2.24, 2.45) is 5.73 Å². The van der Waals surface area contributed by atoms with Crippen LogP contribution in [0.15, 0.2) is 30.5 Å². The van der Waals surface area contributed by atoms with Crippen LogP contribution in [0.2, 0.25) is 0 Å². The number of fused-ring (bicyclic) bond motifs is 1. The van der Waals surface area contributed by atoms with E-state index in [2.05, 4.69) is 15.6 Å². The molecule has 2 heterocycles. The minimum Gasteiger partial charge on any atom is -0.480 e. The lowest BCUT2D eigenvalue weighted by molar-refractivity contribution is -0.147. The van der Waals surface area contributed by atoms with Crippen molar-refractivity contribution in [3.63, 3.8) is 0 Å². The predicted octanol–water partition coefficient (Wildman–Crippen LogP) is 0.217. The van der Waals surface area contributed by atoms with Gasteiger partial charge in [-0.2, -0.15) is 11.8 Å². The number of aliphatic hydroxyl groups excluding tert-OH is 1. The van der Waals surface area contributed by atoms with E-state index in [0.29, 0.717) is 31.6 Å². The summed E-state index contributed by atoms with van der Waals surface area (Å²) in [6.07, 6.45) is 3.94. The van der Waals surface area contributed by atoms with Gasteiger partial charge in [0.15, 0.2) is 6.04 Å². The number of carbonyl (C=O) groups excluding carboxylic acids is 3. The highest BCUT2D eigenvalue weighted by Gasteiger charge is 2.39. The lowest BCUT2D eigenvalue weighted by Gasteiger charge is -2.30. The van der Waals surface area contributed by atoms with E-state index in [0.717, 1.165) is 16.5 Å². The zero-order valence-electron chi connectivity index (χ0n) is 21.0. The number of nitrogens with one attached hydrogen (secondary N) is 3. The Hall–Kier alpha value is -3.09. The molecule has 5 atom stereocenters. The maximum absolute atomic E-state index is 13.5. The Morgan fingerprint density at radius 3 is 2.65 bits per heavy atom. The number of thioether (sulfide) groups is 1. The number of likely N-dealkylation sites (tertiary alicyclic amines) is 1. The van der Waals surface area contributed by atoms with Crippen molar-refractivity contribution in [3.8, 4) is 0 Å². The summed E-state index contributed by atoms with van der Waals surface area (Å²) in [6, 6.07) is 3.56. The molecule has 11 nitrogen and oxygen atoms in total. The fourth-order valence-electron chi connectivity index (χ4n) is 4.54. The summed E-state index contributed by atoms with van der Waals surface area (Å²) < 4.78 is 0. The van der Waals surface area contributed by atoms with Gasteiger partial charge in [0.1, 0.15) is 12.1 Å². The molecule has 0 bridgehead atoms. The second kappa shape index (κ2) is 12.9. The Kier molecular flexibility index (Phi) is 9.95. The molecule has 5 unspecified atom stereocenters. The minimum atomic E-state index is -1.49. The number of carboxylic acids is 1. The third-order valence-corrected chi connectivity index (χ3v) is 7.21. The third kappa shape index (κ3) is 7.02. The van der Waals surface area contributed by atoms with Crippen LogP contribution in [0.5, 0.6) is 0 Å². The summed E-state index contributed by atoms with van der Waals surface area (Å²) in [5.41, 5.74) is 8.06. The molecule has 3 amide bonds. The monoisotopic (exact) mass is 533 g/mol. The topological polar surface area (TPSA) is 178 Å². The highest BCUT2D eigenvalue weighted by atomic mass is 32.2. The van der Waals surface area contributed by atoms with Gasteiger partial charge in [0.25, 0.3) is 0 Å². The van der Waals surface area contributed by atoms with Crippen molar-refractivity contribution in [2.45, 2.75) is 62.9 Å². The molecule has 37 heavy (non-hydrogen) atoms. The molecule has 12 heteroatoms. The number of nitrogens with zero attached hydrogens (tertiary/aromatic N) is 1. The van der Waals surface area contributed by atoms with Crippen molar-refractivity contribution >= 4 is 46.4 Å². The van der Waals surface area contributed by atoms with E-state index in [1.165, 1.54) is 23.6 Å². The highest BCUT2D eigenvalue weighted by Crippen LogP contribution is 2.21. The first kappa shape index (κ1) is 28.5. The summed E-state index contributed by atoms with van der Waals surface area (Å²) in [5, 5.41) is 25.1. The average Bonchev–Trinajstić information content (AvgIpc) is 3.51. The van der Waals surface area contributed by atoms with Gasteiger partial charge in [0.05, 0.1) is 12.1 Å². The molecule has 0 aliphatic carbocycles. The number of aliphatic hydroxyl groups is 1. The lowest BCUT2D eigenvalue weighted by Crippen LogP contribution is -2.58. The van der Waals surface area contributed by atoms with Crippen molar-refractivity contribution in [2.75, 3.05) is 18.6 Å². The summed E-state index contributed by atoms with van der Waals surface area (Å²) in [5.74, 6) is -2.30. The Morgan fingerprint density at radius 1 is 1.24 bits per heavy atom. The maximum atomic E-state index is 13.5. The van der Waals surface area contributed by atoms with E-state index >= 15 is 0 Å². The van der Waals surface area contributed by atoms with Gasteiger partial charge < -0.3 is 36.5 Å². The Balaban J connectivity index is 1.69. The second-order valence-corrected chi connectivity index (χ2v) is 10.3. The molecule has 1 aromatic heterocycles. The molecular weight excluding hydrogens is 498 g/mol. The molecule has 1 aromatic carbocycles. The standard InChI is InChI=1S/C25H35N5O6S/c1-14(31)21(25(35)36)29-23(33)20-8-5-10-30(20)24(34)19(9-11-37-2)28-22(32)17(26)12-15-13-27-18-7-4-3-6-16(15)18/h3-4,6-7,13-14,17,19-21,27,31H,5,8-12,26H2,1-2H3,(H,28,32)(H,29,33)(H,35,36). The number of aliphatic carboxylic acids is 1. The van der Waals surface area contributed by atoms with Crippen molar-refractivity contribution in [1.29, 1.82) is 0 Å². The lowest BCUT2D eigenvalue weighted by atomic mass is 10.0. The summed E-state index contributed by atoms with van der Waals surface area (Å²) in [6.45, 7) is 1.57. The number of para-hydroxylation sites is 1. The summed E-state index contributed by atoms with van der Waals surface area (Å²) in [4.78, 5) is 55.3. The Morgan fingerprint density at radius 2 is 1.97 bits per heavy atom. The number of hydrogen-bond donors (Lipinski definition) is 6. The number of carbonyl (C=O) groups is 4. The third-order valence-electron chi connectivity index (χ3n) is 6.56. The van der Waals surface area contributed by atoms with Crippen LogP contribution in [0.25, 0.3) is 10.9 Å². The fraction of sp³-hybridized carbons (Fsp3) is 0.520. The number of rotatable bonds is 12. The zero-order chi connectivity index (χ0) is 27.1. The normalized spacial score (nSPS) is 18.7. The molecule has 1 aliphatic rings. The van der Waals surface area contributed by atoms with Crippen LogP contribution in [-0.4, -0.2) is 92.6 Å². The SMILES string of the molecule is CSCCC(NC(=O)C(N)Cc1c[nH]c2ccccc12)C(=O)N1CCCC1C(=O)NC(C(=O)O)C(C)O. The van der Waals surface area contributed by atoms with Crippen LogP contribution in [-0.2, 0) is 25.6 Å². The Bertz CT molecular complexity index is 1120. The molecule has 2 aromatic rings. The summed E-state index contributed by atoms with van der Waals surface area (Å²) >= 11 is 1.52. The van der Waals surface area contributed by atoms with Gasteiger partial charge in [-0.15, -0.1) is 0 Å². The van der Waals surface area contributed by atoms with E-state index in [-0.39, 0.29) is 6.42 Å². The van der Waals surface area contributed by atoms with Gasteiger partial charge in [0, 0.05) is 23.6 Å². The molecule has 7 N–H and O–H groups in total. The first-order chi connectivity index (χ1) is 17.6. The van der Waals surface area contributed by atoms with E-state index in [1.807, 2.05) is 36.7 Å². The van der Waals surface area contributed by atoms with Crippen molar-refractivity contribution in [1.82, 2.24) is 20.5 Å². The molecule has 1 fully saturated rings. The van der Waals surface area contributed by atoms with Crippen LogP contribution in [0, 0.1) is 0 Å². The average molecular weight is 534 g/mol. The van der Waals surface area contributed by atoms with E-state index in [1.54, 1.807) is 0 Å². The first-order valence-corrected chi connectivity index (χ1v) is 13.6. The van der Waals surface area contributed by atoms with E-state index in [4.69, 9.17) is 5.73 Å². The smallest absolute Gasteiger partial charge is 0.328 e. The van der Waals surface area contributed by atoms with Gasteiger partial charge in [-0.25, -0.2) is 4.79 Å². The van der Waals surface area contributed by atoms with E-state index < -0.39 is 54.0 Å². The van der Waals surface area contributed by atoms with Crippen molar-refractivity contribution in [3.05, 3.63) is 36.0 Å². The number of carboxylic acid groups (broad SMARTS) is 1. The predicted molar refractivity (Wildman–Crippen MR) is 141 cm³/mol. The van der Waals surface area contributed by atoms with Crippen LogP contribution < -0.4 is 16.4 Å². The van der Waals surface area contributed by atoms with Crippen LogP contribution in [0.1, 0.15) is 31.7 Å². The first-order valence-electron chi connectivity index (χ1n) is 12.3. The molecule has 1 saturated heterocycles. The second-order valence-electron chi connectivity index (χ2n) is 9.27. The molecular formula is C25H35N5O6S. The Labute approximate surface area is 219 Å². The van der Waals surface area contributed by atoms with Gasteiger partial charge in [-0.05, 0) is 56.2 Å². The number of H-pyrrole nitrogens is 1. The molecule has 1 aliphatic heterocycles. The summed E-state index contributed by atoms with van der Waals surface area (Å²) in [7, 11) is 0. The van der Waals surface area contributed by atoms with Crippen LogP contribution in [0.3, 0.4) is 0 Å². The van der Waals surface area contributed by atoms with Gasteiger partial charge in [0.2, 0.25) is 17.7 Å². The molecule has 0 spiro atoms. The fourth-order valence-corrected chi connectivity index (χ4v) is 5.01. The van der Waals surface area contributed by atoms with Gasteiger partial charge >= 0.3 is 5.97 Å². The number of nitrogens with two attached hydrogens (primary N) is 1. The molecule has 202 valence electrons. The minimum absolute atomic E-state index is 0.282. The molecule has 3 rings (SSSR count). The van der Waals surface area contributed by atoms with Crippen LogP contribution in [0.4, 0.5) is 0 Å².